The lowest BCUT2D eigenvalue weighted by atomic mass is 10.0. The molecule has 5 heteroatoms. The van der Waals surface area contributed by atoms with Crippen LogP contribution in [-0.2, 0) is 4.74 Å². The van der Waals surface area contributed by atoms with Crippen LogP contribution in [0, 0.1) is 0 Å². The van der Waals surface area contributed by atoms with Crippen molar-refractivity contribution in [2.24, 2.45) is 0 Å². The third kappa shape index (κ3) is 2.92. The minimum absolute atomic E-state index is 0.335. The average molecular weight is 252 g/mol. The molecule has 1 atom stereocenters. The number of carbonyl (C=O) groups excluding carboxylic acids is 1. The van der Waals surface area contributed by atoms with E-state index in [1.54, 1.807) is 0 Å². The van der Waals surface area contributed by atoms with Crippen LogP contribution in [0.4, 0.5) is 10.5 Å². The van der Waals surface area contributed by atoms with E-state index in [4.69, 9.17) is 0 Å². The van der Waals surface area contributed by atoms with Crippen molar-refractivity contribution in [1.82, 2.24) is 5.32 Å². The highest BCUT2D eigenvalue weighted by atomic mass is 32.1. The first-order valence-electron chi connectivity index (χ1n) is 5.62. The molecule has 1 fully saturated rings. The summed E-state index contributed by atoms with van der Waals surface area (Å²) in [6.07, 6.45) is 1.82. The summed E-state index contributed by atoms with van der Waals surface area (Å²) in [6.45, 7) is 1.03. The maximum absolute atomic E-state index is 11.1. The zero-order valence-corrected chi connectivity index (χ0v) is 10.6. The number of methoxy groups -OCH3 is 1. The van der Waals surface area contributed by atoms with Gasteiger partial charge in [0.2, 0.25) is 0 Å². The fourth-order valence-electron chi connectivity index (χ4n) is 2.03. The number of anilines is 1. The van der Waals surface area contributed by atoms with Crippen LogP contribution >= 0.6 is 12.6 Å². The smallest absolute Gasteiger partial charge is 0.411 e. The second kappa shape index (κ2) is 5.42. The van der Waals surface area contributed by atoms with Crippen molar-refractivity contribution in [3.05, 3.63) is 23.8 Å². The van der Waals surface area contributed by atoms with Gasteiger partial charge < -0.3 is 10.1 Å². The number of nitrogens with one attached hydrogen (secondary N) is 2. The Morgan fingerprint density at radius 2 is 2.41 bits per heavy atom. The quantitative estimate of drug-likeness (QED) is 0.709. The third-order valence-electron chi connectivity index (χ3n) is 2.90. The van der Waals surface area contributed by atoms with Gasteiger partial charge in [0.15, 0.2) is 0 Å². The molecule has 1 aliphatic rings. The van der Waals surface area contributed by atoms with Crippen LogP contribution in [-0.4, -0.2) is 19.7 Å². The van der Waals surface area contributed by atoms with Crippen molar-refractivity contribution in [3.8, 4) is 0 Å². The Morgan fingerprint density at radius 1 is 1.59 bits per heavy atom. The predicted molar refractivity (Wildman–Crippen MR) is 69.7 cm³/mol. The van der Waals surface area contributed by atoms with Gasteiger partial charge in [0, 0.05) is 16.6 Å². The molecule has 92 valence electrons. The summed E-state index contributed by atoms with van der Waals surface area (Å²) in [5.41, 5.74) is 1.86. The average Bonchev–Trinajstić information content (AvgIpc) is 2.85. The van der Waals surface area contributed by atoms with E-state index in [0.717, 1.165) is 29.1 Å². The van der Waals surface area contributed by atoms with Crippen LogP contribution in [0.15, 0.2) is 23.1 Å². The van der Waals surface area contributed by atoms with E-state index in [1.165, 1.54) is 13.5 Å². The van der Waals surface area contributed by atoms with Crippen molar-refractivity contribution in [2.75, 3.05) is 19.0 Å². The van der Waals surface area contributed by atoms with E-state index in [-0.39, 0.29) is 0 Å². The highest BCUT2D eigenvalue weighted by Gasteiger charge is 2.18. The fraction of sp³-hybridized carbons (Fsp3) is 0.417. The Morgan fingerprint density at radius 3 is 3.06 bits per heavy atom. The summed E-state index contributed by atoms with van der Waals surface area (Å²) in [6, 6.07) is 5.99. The van der Waals surface area contributed by atoms with Crippen molar-refractivity contribution >= 4 is 24.4 Å². The standard InChI is InChI=1S/C12H16N2O2S/c1-16-12(15)14-8-4-5-11(17)9(7-8)10-3-2-6-13-10/h4-5,7,10,13,17H,2-3,6H2,1H3,(H,14,15)/t10-/m1/s1. The van der Waals surface area contributed by atoms with E-state index in [9.17, 15) is 4.79 Å². The number of benzene rings is 1. The molecule has 0 spiro atoms. The van der Waals surface area contributed by atoms with Gasteiger partial charge in [-0.3, -0.25) is 5.32 Å². The van der Waals surface area contributed by atoms with Gasteiger partial charge in [0.1, 0.15) is 0 Å². The molecule has 1 amide bonds. The molecule has 1 heterocycles. The molecule has 0 radical (unpaired) electrons. The highest BCUT2D eigenvalue weighted by Crippen LogP contribution is 2.30. The summed E-state index contributed by atoms with van der Waals surface area (Å²) in [5.74, 6) is 0. The van der Waals surface area contributed by atoms with Crippen LogP contribution in [0.3, 0.4) is 0 Å². The largest absolute Gasteiger partial charge is 0.453 e. The molecule has 0 aromatic heterocycles. The lowest BCUT2D eigenvalue weighted by molar-refractivity contribution is 0.187. The zero-order valence-electron chi connectivity index (χ0n) is 9.69. The van der Waals surface area contributed by atoms with E-state index < -0.39 is 6.09 Å². The first-order chi connectivity index (χ1) is 8.20. The Balaban J connectivity index is 2.19. The SMILES string of the molecule is COC(=O)Nc1ccc(S)c([C@H]2CCCN2)c1. The lowest BCUT2D eigenvalue weighted by Gasteiger charge is -2.15. The molecule has 2 N–H and O–H groups in total. The fourth-order valence-corrected chi connectivity index (χ4v) is 2.33. The topological polar surface area (TPSA) is 50.4 Å². The summed E-state index contributed by atoms with van der Waals surface area (Å²) < 4.78 is 4.56. The Hall–Kier alpha value is -1.20. The van der Waals surface area contributed by atoms with Gasteiger partial charge >= 0.3 is 6.09 Å². The minimum Gasteiger partial charge on any atom is -0.453 e. The van der Waals surface area contributed by atoms with Crippen molar-refractivity contribution in [3.63, 3.8) is 0 Å². The molecule has 4 nitrogen and oxygen atoms in total. The lowest BCUT2D eigenvalue weighted by Crippen LogP contribution is -2.15. The molecule has 2 rings (SSSR count). The van der Waals surface area contributed by atoms with Crippen LogP contribution < -0.4 is 10.6 Å². The monoisotopic (exact) mass is 252 g/mol. The number of hydrogen-bond acceptors (Lipinski definition) is 4. The molecule has 1 aliphatic heterocycles. The van der Waals surface area contributed by atoms with Gasteiger partial charge in [-0.2, -0.15) is 0 Å². The number of ether oxygens (including phenoxy) is 1. The van der Waals surface area contributed by atoms with Crippen molar-refractivity contribution in [1.29, 1.82) is 0 Å². The molecular formula is C12H16N2O2S. The van der Waals surface area contributed by atoms with E-state index in [1.807, 2.05) is 18.2 Å². The second-order valence-corrected chi connectivity index (χ2v) is 4.52. The molecule has 1 saturated heterocycles. The summed E-state index contributed by atoms with van der Waals surface area (Å²) >= 11 is 4.45. The molecule has 1 aromatic rings. The first kappa shape index (κ1) is 12.3. The van der Waals surface area contributed by atoms with Crippen molar-refractivity contribution in [2.45, 2.75) is 23.8 Å². The van der Waals surface area contributed by atoms with Gasteiger partial charge in [-0.25, -0.2) is 4.79 Å². The number of rotatable bonds is 2. The Kier molecular flexibility index (Phi) is 3.91. The second-order valence-electron chi connectivity index (χ2n) is 4.04. The van der Waals surface area contributed by atoms with Gasteiger partial charge in [-0.15, -0.1) is 12.6 Å². The highest BCUT2D eigenvalue weighted by molar-refractivity contribution is 7.80. The molecule has 17 heavy (non-hydrogen) atoms. The predicted octanol–water partition coefficient (Wildman–Crippen LogP) is 2.58. The van der Waals surface area contributed by atoms with Gasteiger partial charge in [0.05, 0.1) is 7.11 Å². The number of amides is 1. The summed E-state index contributed by atoms with van der Waals surface area (Å²) in [4.78, 5) is 12.1. The first-order valence-corrected chi connectivity index (χ1v) is 6.06. The number of hydrogen-bond donors (Lipinski definition) is 3. The molecule has 0 bridgehead atoms. The van der Waals surface area contributed by atoms with Gasteiger partial charge in [0.25, 0.3) is 0 Å². The maximum atomic E-state index is 11.1. The Bertz CT molecular complexity index is 417. The van der Waals surface area contributed by atoms with E-state index in [2.05, 4.69) is 28.0 Å². The number of thiol groups is 1. The molecular weight excluding hydrogens is 236 g/mol. The minimum atomic E-state index is -0.456. The maximum Gasteiger partial charge on any atom is 0.411 e. The molecule has 0 unspecified atom stereocenters. The summed E-state index contributed by atoms with van der Waals surface area (Å²) in [7, 11) is 1.35. The molecule has 0 saturated carbocycles. The normalized spacial score (nSPS) is 19.1. The third-order valence-corrected chi connectivity index (χ3v) is 3.30. The van der Waals surface area contributed by atoms with Crippen LogP contribution in [0.2, 0.25) is 0 Å². The summed E-state index contributed by atoms with van der Waals surface area (Å²) in [5, 5.41) is 6.08. The molecule has 0 aliphatic carbocycles. The van der Waals surface area contributed by atoms with Crippen molar-refractivity contribution < 1.29 is 9.53 Å². The zero-order chi connectivity index (χ0) is 12.3. The van der Waals surface area contributed by atoms with Crippen LogP contribution in [0.1, 0.15) is 24.4 Å². The number of carbonyl (C=O) groups is 1. The van der Waals surface area contributed by atoms with Crippen LogP contribution in [0.25, 0.3) is 0 Å². The Labute approximate surface area is 106 Å². The van der Waals surface area contributed by atoms with Gasteiger partial charge in [-0.1, -0.05) is 0 Å². The van der Waals surface area contributed by atoms with E-state index in [0.29, 0.717) is 6.04 Å². The molecule has 1 aromatic carbocycles. The van der Waals surface area contributed by atoms with E-state index >= 15 is 0 Å². The van der Waals surface area contributed by atoms with Crippen LogP contribution in [0.5, 0.6) is 0 Å². The van der Waals surface area contributed by atoms with Gasteiger partial charge in [-0.05, 0) is 43.1 Å².